The Bertz CT molecular complexity index is 1240. The van der Waals surface area contributed by atoms with Gasteiger partial charge in [-0.05, 0) is 24.3 Å². The van der Waals surface area contributed by atoms with E-state index in [1.54, 1.807) is 58.0 Å². The number of nitrogens with zero attached hydrogens (tertiary/aromatic N) is 4. The van der Waals surface area contributed by atoms with Gasteiger partial charge in [0.25, 0.3) is 5.91 Å². The number of aromatic nitrogens is 4. The van der Waals surface area contributed by atoms with Crippen LogP contribution in [0.3, 0.4) is 0 Å². The van der Waals surface area contributed by atoms with Gasteiger partial charge in [-0.2, -0.15) is 5.10 Å². The van der Waals surface area contributed by atoms with Gasteiger partial charge in [0.1, 0.15) is 11.3 Å². The zero-order valence-electron chi connectivity index (χ0n) is 16.7. The van der Waals surface area contributed by atoms with E-state index in [9.17, 15) is 9.90 Å². The number of nitrogens with one attached hydrogen (secondary N) is 1. The third-order valence-electron chi connectivity index (χ3n) is 4.66. The van der Waals surface area contributed by atoms with Gasteiger partial charge in [-0.1, -0.05) is 29.8 Å². The van der Waals surface area contributed by atoms with Crippen molar-refractivity contribution in [3.63, 3.8) is 0 Å². The van der Waals surface area contributed by atoms with E-state index in [-0.39, 0.29) is 24.5 Å². The van der Waals surface area contributed by atoms with Crippen LogP contribution in [-0.2, 0) is 11.3 Å². The molecular formula is C21H21ClN6O3. The second-order valence-corrected chi connectivity index (χ2v) is 7.41. The van der Waals surface area contributed by atoms with Crippen LogP contribution in [0.5, 0.6) is 0 Å². The fourth-order valence-electron chi connectivity index (χ4n) is 3.35. The summed E-state index contributed by atoms with van der Waals surface area (Å²) in [6.45, 7) is 0.350. The number of halogens is 1. The van der Waals surface area contributed by atoms with Crippen molar-refractivity contribution in [2.75, 3.05) is 24.8 Å². The van der Waals surface area contributed by atoms with Crippen LogP contribution < -0.4 is 11.1 Å². The highest BCUT2D eigenvalue weighted by Gasteiger charge is 2.21. The molecule has 3 aromatic heterocycles. The predicted molar refractivity (Wildman–Crippen MR) is 118 cm³/mol. The van der Waals surface area contributed by atoms with Gasteiger partial charge in [0, 0.05) is 30.1 Å². The molecule has 0 aliphatic heterocycles. The Kier molecular flexibility index (Phi) is 5.90. The first kappa shape index (κ1) is 20.9. The van der Waals surface area contributed by atoms with Crippen LogP contribution in [0.2, 0.25) is 5.02 Å². The van der Waals surface area contributed by atoms with E-state index >= 15 is 0 Å². The summed E-state index contributed by atoms with van der Waals surface area (Å²) in [7, 11) is 1.51. The molecule has 0 fully saturated rings. The van der Waals surface area contributed by atoms with E-state index in [4.69, 9.17) is 22.1 Å². The first-order chi connectivity index (χ1) is 15.0. The number of hydrogen-bond donors (Lipinski definition) is 3. The summed E-state index contributed by atoms with van der Waals surface area (Å²) in [6, 6.07) is 12.5. The fraction of sp³-hybridized carbons (Fsp3) is 0.190. The molecule has 1 amide bonds. The monoisotopic (exact) mass is 440 g/mol. The van der Waals surface area contributed by atoms with Crippen molar-refractivity contribution >= 4 is 34.5 Å². The highest BCUT2D eigenvalue weighted by atomic mass is 35.5. The lowest BCUT2D eigenvalue weighted by Crippen LogP contribution is -2.21. The minimum Gasteiger partial charge on any atom is -0.389 e. The Morgan fingerprint density at radius 1 is 1.29 bits per heavy atom. The second-order valence-electron chi connectivity index (χ2n) is 6.98. The van der Waals surface area contributed by atoms with E-state index in [1.165, 1.54) is 7.11 Å². The number of pyridine rings is 1. The van der Waals surface area contributed by atoms with Crippen molar-refractivity contribution in [2.45, 2.75) is 12.6 Å². The highest BCUT2D eigenvalue weighted by molar-refractivity contribution is 6.30. The Morgan fingerprint density at radius 2 is 2.13 bits per heavy atom. The van der Waals surface area contributed by atoms with E-state index in [0.717, 1.165) is 5.56 Å². The van der Waals surface area contributed by atoms with Crippen LogP contribution in [0.4, 0.5) is 11.5 Å². The molecule has 10 heteroatoms. The summed E-state index contributed by atoms with van der Waals surface area (Å²) in [5.41, 5.74) is 8.54. The van der Waals surface area contributed by atoms with Gasteiger partial charge >= 0.3 is 0 Å². The van der Waals surface area contributed by atoms with Crippen LogP contribution in [-0.4, -0.2) is 50.2 Å². The van der Waals surface area contributed by atoms with Crippen molar-refractivity contribution in [3.8, 4) is 11.3 Å². The number of methoxy groups -OCH3 is 1. The number of hydrogen-bond acceptors (Lipinski definition) is 6. The molecule has 9 nitrogen and oxygen atoms in total. The number of carbonyl (C=O) groups excluding carboxylic acids is 1. The SMILES string of the molecule is COCC(O)Cn1cc(NC(=O)c2c(N)nn3ccccc23)c(-c2cccc(Cl)c2)n1. The number of carbonyl (C=O) groups is 1. The van der Waals surface area contributed by atoms with Gasteiger partial charge in [0.05, 0.1) is 30.5 Å². The first-order valence-electron chi connectivity index (χ1n) is 9.51. The number of aliphatic hydroxyl groups is 1. The summed E-state index contributed by atoms with van der Waals surface area (Å²) < 4.78 is 8.08. The molecule has 0 aliphatic carbocycles. The molecule has 0 radical (unpaired) electrons. The van der Waals surface area contributed by atoms with Crippen molar-refractivity contribution in [1.82, 2.24) is 19.4 Å². The molecule has 0 saturated heterocycles. The number of amides is 1. The van der Waals surface area contributed by atoms with Crippen LogP contribution in [0.15, 0.2) is 54.9 Å². The molecule has 0 bridgehead atoms. The van der Waals surface area contributed by atoms with E-state index < -0.39 is 12.0 Å². The largest absolute Gasteiger partial charge is 0.389 e. The van der Waals surface area contributed by atoms with Gasteiger partial charge in [-0.3, -0.25) is 9.48 Å². The number of anilines is 2. The molecule has 1 aromatic carbocycles. The number of fused-ring (bicyclic) bond motifs is 1. The third-order valence-corrected chi connectivity index (χ3v) is 4.89. The Hall–Kier alpha value is -3.40. The highest BCUT2D eigenvalue weighted by Crippen LogP contribution is 2.30. The minimum absolute atomic E-state index is 0.121. The molecule has 1 unspecified atom stereocenters. The van der Waals surface area contributed by atoms with Crippen LogP contribution in [0.1, 0.15) is 10.4 Å². The molecule has 3 heterocycles. The lowest BCUT2D eigenvalue weighted by Gasteiger charge is -2.08. The molecule has 0 spiro atoms. The Labute approximate surface area is 183 Å². The average Bonchev–Trinajstić information content (AvgIpc) is 3.27. The molecule has 31 heavy (non-hydrogen) atoms. The van der Waals surface area contributed by atoms with Crippen LogP contribution >= 0.6 is 11.6 Å². The maximum Gasteiger partial charge on any atom is 0.261 e. The van der Waals surface area contributed by atoms with Crippen molar-refractivity contribution in [2.24, 2.45) is 0 Å². The molecule has 0 saturated carbocycles. The minimum atomic E-state index is -0.754. The van der Waals surface area contributed by atoms with Gasteiger partial charge in [-0.25, -0.2) is 4.52 Å². The van der Waals surface area contributed by atoms with E-state index in [0.29, 0.717) is 21.9 Å². The molecule has 4 aromatic rings. The van der Waals surface area contributed by atoms with Crippen LogP contribution in [0, 0.1) is 0 Å². The van der Waals surface area contributed by atoms with Gasteiger partial charge in [0.15, 0.2) is 5.82 Å². The number of ether oxygens (including phenoxy) is 1. The molecule has 4 N–H and O–H groups in total. The predicted octanol–water partition coefficient (Wildman–Crippen LogP) is 2.69. The van der Waals surface area contributed by atoms with E-state index in [1.807, 2.05) is 6.07 Å². The Balaban J connectivity index is 1.71. The topological polar surface area (TPSA) is 120 Å². The lowest BCUT2D eigenvalue weighted by atomic mass is 10.1. The third kappa shape index (κ3) is 4.38. The van der Waals surface area contributed by atoms with Crippen molar-refractivity contribution < 1.29 is 14.6 Å². The normalized spacial score (nSPS) is 12.2. The molecule has 1 atom stereocenters. The number of benzene rings is 1. The van der Waals surface area contributed by atoms with Crippen LogP contribution in [0.25, 0.3) is 16.8 Å². The molecule has 4 rings (SSSR count). The standard InChI is InChI=1S/C21H21ClN6O3/c1-31-12-15(29)10-27-11-16(19(25-27)13-5-4-6-14(22)9-13)24-21(30)18-17-7-2-3-8-28(17)26-20(18)23/h2-9,11,15,29H,10,12H2,1H3,(H2,23,26)(H,24,30). The average molecular weight is 441 g/mol. The second kappa shape index (κ2) is 8.76. The molecule has 160 valence electrons. The summed E-state index contributed by atoms with van der Waals surface area (Å²) in [6.07, 6.45) is 2.61. The fourth-order valence-corrected chi connectivity index (χ4v) is 3.54. The zero-order chi connectivity index (χ0) is 22.0. The summed E-state index contributed by atoms with van der Waals surface area (Å²) in [4.78, 5) is 13.1. The first-order valence-corrected chi connectivity index (χ1v) is 9.88. The quantitative estimate of drug-likeness (QED) is 0.406. The summed E-state index contributed by atoms with van der Waals surface area (Å²) in [5.74, 6) is -0.296. The summed E-state index contributed by atoms with van der Waals surface area (Å²) in [5, 5.41) is 22.2. The smallest absolute Gasteiger partial charge is 0.261 e. The summed E-state index contributed by atoms with van der Waals surface area (Å²) >= 11 is 6.15. The Morgan fingerprint density at radius 3 is 2.90 bits per heavy atom. The number of rotatable bonds is 7. The maximum atomic E-state index is 13.1. The van der Waals surface area contributed by atoms with Crippen molar-refractivity contribution in [1.29, 1.82) is 0 Å². The number of nitrogens with two attached hydrogens (primary N) is 1. The number of nitrogen functional groups attached to an aromatic ring is 1. The van der Waals surface area contributed by atoms with E-state index in [2.05, 4.69) is 15.5 Å². The van der Waals surface area contributed by atoms with Gasteiger partial charge in [-0.15, -0.1) is 5.10 Å². The zero-order valence-corrected chi connectivity index (χ0v) is 17.5. The maximum absolute atomic E-state index is 13.1. The molecular weight excluding hydrogens is 420 g/mol. The van der Waals surface area contributed by atoms with Crippen molar-refractivity contribution in [3.05, 3.63) is 65.4 Å². The lowest BCUT2D eigenvalue weighted by molar-refractivity contribution is 0.0514. The molecule has 0 aliphatic rings. The number of aliphatic hydroxyl groups excluding tert-OH is 1. The van der Waals surface area contributed by atoms with Gasteiger partial charge < -0.3 is 20.9 Å². The van der Waals surface area contributed by atoms with Gasteiger partial charge in [0.2, 0.25) is 0 Å².